The summed E-state index contributed by atoms with van der Waals surface area (Å²) in [5, 5.41) is 3.35. The van der Waals surface area contributed by atoms with E-state index in [1.807, 2.05) is 0 Å². The highest BCUT2D eigenvalue weighted by molar-refractivity contribution is 6.31. The molecule has 1 amide bonds. The SMILES string of the molecule is CCCN(C)CCCC(=O)Nc1cc(Cl)ccc1N. The summed E-state index contributed by atoms with van der Waals surface area (Å²) in [7, 11) is 2.07. The Labute approximate surface area is 119 Å². The van der Waals surface area contributed by atoms with Crippen LogP contribution in [0.2, 0.25) is 5.02 Å². The second kappa shape index (κ2) is 8.02. The number of amides is 1. The Morgan fingerprint density at radius 1 is 1.42 bits per heavy atom. The molecule has 0 aliphatic rings. The fraction of sp³-hybridized carbons (Fsp3) is 0.500. The highest BCUT2D eigenvalue weighted by Crippen LogP contribution is 2.23. The Kier molecular flexibility index (Phi) is 6.67. The van der Waals surface area contributed by atoms with E-state index in [0.29, 0.717) is 22.8 Å². The van der Waals surface area contributed by atoms with Gasteiger partial charge in [0.25, 0.3) is 0 Å². The van der Waals surface area contributed by atoms with Crippen LogP contribution in [0.5, 0.6) is 0 Å². The molecule has 0 aromatic heterocycles. The van der Waals surface area contributed by atoms with Gasteiger partial charge in [-0.15, -0.1) is 0 Å². The standard InChI is InChI=1S/C14H22ClN3O/c1-3-8-18(2)9-4-5-14(19)17-13-10-11(15)6-7-12(13)16/h6-7,10H,3-5,8-9,16H2,1-2H3,(H,17,19). The Balaban J connectivity index is 2.37. The lowest BCUT2D eigenvalue weighted by Crippen LogP contribution is -2.22. The van der Waals surface area contributed by atoms with Crippen molar-refractivity contribution < 1.29 is 4.79 Å². The molecule has 0 saturated carbocycles. The van der Waals surface area contributed by atoms with Gasteiger partial charge in [-0.3, -0.25) is 4.79 Å². The van der Waals surface area contributed by atoms with Gasteiger partial charge in [-0.1, -0.05) is 18.5 Å². The average molecular weight is 284 g/mol. The summed E-state index contributed by atoms with van der Waals surface area (Å²) in [6.45, 7) is 4.13. The molecule has 0 unspecified atom stereocenters. The summed E-state index contributed by atoms with van der Waals surface area (Å²) >= 11 is 5.87. The molecule has 1 rings (SSSR count). The minimum absolute atomic E-state index is 0.0288. The van der Waals surface area contributed by atoms with E-state index in [2.05, 4.69) is 24.2 Å². The molecule has 0 spiro atoms. The van der Waals surface area contributed by atoms with E-state index in [9.17, 15) is 4.79 Å². The monoisotopic (exact) mass is 283 g/mol. The maximum Gasteiger partial charge on any atom is 0.224 e. The van der Waals surface area contributed by atoms with Crippen LogP contribution in [0.25, 0.3) is 0 Å². The molecule has 0 heterocycles. The third kappa shape index (κ3) is 5.94. The molecule has 1 aromatic carbocycles. The van der Waals surface area contributed by atoms with E-state index in [0.717, 1.165) is 25.9 Å². The quantitative estimate of drug-likeness (QED) is 0.757. The van der Waals surface area contributed by atoms with Crippen molar-refractivity contribution in [3.63, 3.8) is 0 Å². The first-order valence-electron chi connectivity index (χ1n) is 6.56. The molecular weight excluding hydrogens is 262 g/mol. The molecule has 0 radical (unpaired) electrons. The topological polar surface area (TPSA) is 58.4 Å². The van der Waals surface area contributed by atoms with Gasteiger partial charge in [0, 0.05) is 11.4 Å². The maximum atomic E-state index is 11.8. The molecule has 0 atom stereocenters. The van der Waals surface area contributed by atoms with Crippen molar-refractivity contribution in [1.82, 2.24) is 4.90 Å². The summed E-state index contributed by atoms with van der Waals surface area (Å²) in [5.74, 6) is -0.0288. The van der Waals surface area contributed by atoms with Crippen LogP contribution in [0.3, 0.4) is 0 Å². The van der Waals surface area contributed by atoms with Gasteiger partial charge in [-0.2, -0.15) is 0 Å². The fourth-order valence-electron chi connectivity index (χ4n) is 1.85. The smallest absolute Gasteiger partial charge is 0.224 e. The summed E-state index contributed by atoms with van der Waals surface area (Å²) in [4.78, 5) is 14.0. The molecule has 0 aliphatic heterocycles. The number of rotatable bonds is 7. The van der Waals surface area contributed by atoms with Crippen LogP contribution in [-0.4, -0.2) is 30.9 Å². The van der Waals surface area contributed by atoms with E-state index in [-0.39, 0.29) is 5.91 Å². The lowest BCUT2D eigenvalue weighted by Gasteiger charge is -2.15. The zero-order chi connectivity index (χ0) is 14.3. The predicted molar refractivity (Wildman–Crippen MR) is 81.5 cm³/mol. The first-order chi connectivity index (χ1) is 9.02. The van der Waals surface area contributed by atoms with E-state index in [1.54, 1.807) is 18.2 Å². The first kappa shape index (κ1) is 15.8. The number of nitrogen functional groups attached to an aromatic ring is 1. The number of benzene rings is 1. The molecule has 0 aliphatic carbocycles. The van der Waals surface area contributed by atoms with Crippen molar-refractivity contribution in [2.45, 2.75) is 26.2 Å². The van der Waals surface area contributed by atoms with Gasteiger partial charge in [0.15, 0.2) is 0 Å². The number of nitrogens with one attached hydrogen (secondary N) is 1. The number of hydrogen-bond donors (Lipinski definition) is 2. The average Bonchev–Trinajstić information content (AvgIpc) is 2.34. The van der Waals surface area contributed by atoms with Crippen LogP contribution in [-0.2, 0) is 4.79 Å². The van der Waals surface area contributed by atoms with Gasteiger partial charge < -0.3 is 16.0 Å². The highest BCUT2D eigenvalue weighted by atomic mass is 35.5. The van der Waals surface area contributed by atoms with Gasteiger partial charge in [0.05, 0.1) is 11.4 Å². The predicted octanol–water partition coefficient (Wildman–Crippen LogP) is 2.98. The van der Waals surface area contributed by atoms with Crippen LogP contribution in [0, 0.1) is 0 Å². The summed E-state index contributed by atoms with van der Waals surface area (Å²) in [6.07, 6.45) is 2.45. The van der Waals surface area contributed by atoms with Gasteiger partial charge >= 0.3 is 0 Å². The number of carbonyl (C=O) groups excluding carboxylic acids is 1. The van der Waals surface area contributed by atoms with Gasteiger partial charge in [0.1, 0.15) is 0 Å². The second-order valence-corrected chi connectivity index (χ2v) is 5.12. The Morgan fingerprint density at radius 3 is 2.84 bits per heavy atom. The van der Waals surface area contributed by atoms with Crippen molar-refractivity contribution in [2.24, 2.45) is 0 Å². The molecule has 4 nitrogen and oxygen atoms in total. The van der Waals surface area contributed by atoms with E-state index >= 15 is 0 Å². The number of carbonyl (C=O) groups is 1. The molecule has 0 bridgehead atoms. The van der Waals surface area contributed by atoms with Crippen LogP contribution in [0.4, 0.5) is 11.4 Å². The zero-order valence-electron chi connectivity index (χ0n) is 11.6. The highest BCUT2D eigenvalue weighted by Gasteiger charge is 2.06. The third-order valence-electron chi connectivity index (χ3n) is 2.84. The minimum Gasteiger partial charge on any atom is -0.397 e. The summed E-state index contributed by atoms with van der Waals surface area (Å²) in [5.41, 5.74) is 6.88. The van der Waals surface area contributed by atoms with Gasteiger partial charge in [-0.05, 0) is 51.2 Å². The van der Waals surface area contributed by atoms with Crippen LogP contribution in [0.1, 0.15) is 26.2 Å². The van der Waals surface area contributed by atoms with E-state index in [4.69, 9.17) is 17.3 Å². The van der Waals surface area contributed by atoms with Crippen LogP contribution in [0.15, 0.2) is 18.2 Å². The zero-order valence-corrected chi connectivity index (χ0v) is 12.3. The molecule has 106 valence electrons. The lowest BCUT2D eigenvalue weighted by molar-refractivity contribution is -0.116. The molecular formula is C14H22ClN3O. The number of nitrogens with zero attached hydrogens (tertiary/aromatic N) is 1. The van der Waals surface area contributed by atoms with Crippen molar-refractivity contribution in [3.05, 3.63) is 23.2 Å². The first-order valence-corrected chi connectivity index (χ1v) is 6.94. The summed E-state index contributed by atoms with van der Waals surface area (Å²) in [6, 6.07) is 5.05. The molecule has 0 fully saturated rings. The molecule has 1 aromatic rings. The normalized spacial score (nSPS) is 10.7. The number of hydrogen-bond acceptors (Lipinski definition) is 3. The van der Waals surface area contributed by atoms with Crippen molar-refractivity contribution in [3.8, 4) is 0 Å². The molecule has 3 N–H and O–H groups in total. The Bertz CT molecular complexity index is 423. The number of nitrogens with two attached hydrogens (primary N) is 1. The largest absolute Gasteiger partial charge is 0.397 e. The van der Waals surface area contributed by atoms with Gasteiger partial charge in [-0.25, -0.2) is 0 Å². The minimum atomic E-state index is -0.0288. The molecule has 5 heteroatoms. The van der Waals surface area contributed by atoms with Crippen LogP contribution >= 0.6 is 11.6 Å². The van der Waals surface area contributed by atoms with Crippen molar-refractivity contribution >= 4 is 28.9 Å². The van der Waals surface area contributed by atoms with Crippen LogP contribution < -0.4 is 11.1 Å². The van der Waals surface area contributed by atoms with Gasteiger partial charge in [0.2, 0.25) is 5.91 Å². The maximum absolute atomic E-state index is 11.8. The molecule has 19 heavy (non-hydrogen) atoms. The van der Waals surface area contributed by atoms with Crippen molar-refractivity contribution in [1.29, 1.82) is 0 Å². The fourth-order valence-corrected chi connectivity index (χ4v) is 2.02. The van der Waals surface area contributed by atoms with E-state index in [1.165, 1.54) is 0 Å². The Hall–Kier alpha value is -1.26. The number of anilines is 2. The van der Waals surface area contributed by atoms with E-state index < -0.39 is 0 Å². The van der Waals surface area contributed by atoms with Crippen molar-refractivity contribution in [2.75, 3.05) is 31.2 Å². The lowest BCUT2D eigenvalue weighted by atomic mass is 10.2. The number of halogens is 1. The third-order valence-corrected chi connectivity index (χ3v) is 3.07. The molecule has 0 saturated heterocycles. The summed E-state index contributed by atoms with van der Waals surface area (Å²) < 4.78 is 0. The second-order valence-electron chi connectivity index (χ2n) is 4.69. The Morgan fingerprint density at radius 2 is 2.16 bits per heavy atom.